The average Bonchev–Trinajstić information content (AvgIpc) is 2.80. The average molecular weight is 396 g/mol. The SMILES string of the molecule is CC1CCN(c2nc(Nc3cccc4cccnc34)cc(-c3ccccc3)n2)CC1. The molecule has 2 aromatic carbocycles. The third-order valence-electron chi connectivity index (χ3n) is 5.75. The number of aromatic nitrogens is 3. The maximum absolute atomic E-state index is 4.92. The number of anilines is 3. The van der Waals surface area contributed by atoms with Gasteiger partial charge in [-0.1, -0.05) is 55.5 Å². The van der Waals surface area contributed by atoms with E-state index in [0.29, 0.717) is 0 Å². The summed E-state index contributed by atoms with van der Waals surface area (Å²) in [5.74, 6) is 2.34. The second-order valence-electron chi connectivity index (χ2n) is 7.98. The monoisotopic (exact) mass is 395 g/mol. The van der Waals surface area contributed by atoms with Crippen LogP contribution < -0.4 is 10.2 Å². The van der Waals surface area contributed by atoms with Crippen molar-refractivity contribution in [1.29, 1.82) is 0 Å². The van der Waals surface area contributed by atoms with E-state index >= 15 is 0 Å². The second kappa shape index (κ2) is 8.11. The number of pyridine rings is 1. The first kappa shape index (κ1) is 18.6. The summed E-state index contributed by atoms with van der Waals surface area (Å²) in [6.45, 7) is 4.31. The van der Waals surface area contributed by atoms with Crippen LogP contribution in [-0.4, -0.2) is 28.0 Å². The van der Waals surface area contributed by atoms with Gasteiger partial charge in [0.05, 0.1) is 16.9 Å². The molecule has 1 N–H and O–H groups in total. The van der Waals surface area contributed by atoms with Gasteiger partial charge in [-0.3, -0.25) is 4.98 Å². The van der Waals surface area contributed by atoms with E-state index in [4.69, 9.17) is 9.97 Å². The zero-order chi connectivity index (χ0) is 20.3. The summed E-state index contributed by atoms with van der Waals surface area (Å²) in [6.07, 6.45) is 4.17. The molecule has 0 atom stereocenters. The number of hydrogen-bond donors (Lipinski definition) is 1. The number of nitrogens with zero attached hydrogens (tertiary/aromatic N) is 4. The summed E-state index contributed by atoms with van der Waals surface area (Å²) in [6, 6.07) is 22.5. The van der Waals surface area contributed by atoms with Gasteiger partial charge in [-0.2, -0.15) is 4.98 Å². The highest BCUT2D eigenvalue weighted by Crippen LogP contribution is 2.29. The second-order valence-corrected chi connectivity index (χ2v) is 7.98. The number of piperidine rings is 1. The van der Waals surface area contributed by atoms with Crippen LogP contribution in [0.25, 0.3) is 22.2 Å². The van der Waals surface area contributed by atoms with Gasteiger partial charge >= 0.3 is 0 Å². The molecule has 1 aliphatic heterocycles. The standard InChI is InChI=1S/C25H25N5/c1-18-12-15-30(16-13-18)25-28-22(19-7-3-2-4-8-19)17-23(29-25)27-21-11-5-9-20-10-6-14-26-24(20)21/h2-11,14,17-18H,12-13,15-16H2,1H3,(H,27,28,29). The number of nitrogens with one attached hydrogen (secondary N) is 1. The first-order valence-electron chi connectivity index (χ1n) is 10.6. The molecule has 4 aromatic rings. The number of hydrogen-bond acceptors (Lipinski definition) is 5. The van der Waals surface area contributed by atoms with Gasteiger partial charge in [0.2, 0.25) is 5.95 Å². The van der Waals surface area contributed by atoms with Crippen molar-refractivity contribution in [1.82, 2.24) is 15.0 Å². The molecule has 0 saturated carbocycles. The summed E-state index contributed by atoms with van der Waals surface area (Å²) >= 11 is 0. The van der Waals surface area contributed by atoms with Crippen LogP contribution in [0.4, 0.5) is 17.5 Å². The summed E-state index contributed by atoms with van der Waals surface area (Å²) in [5, 5.41) is 4.61. The Bertz CT molecular complexity index is 1150. The van der Waals surface area contributed by atoms with Crippen LogP contribution in [0.3, 0.4) is 0 Å². The Labute approximate surface area is 176 Å². The molecule has 150 valence electrons. The molecule has 0 radical (unpaired) electrons. The van der Waals surface area contributed by atoms with Crippen molar-refractivity contribution in [3.05, 3.63) is 72.9 Å². The lowest BCUT2D eigenvalue weighted by Crippen LogP contribution is -2.34. The highest BCUT2D eigenvalue weighted by molar-refractivity contribution is 5.91. The fraction of sp³-hybridized carbons (Fsp3) is 0.240. The topological polar surface area (TPSA) is 53.9 Å². The lowest BCUT2D eigenvalue weighted by molar-refractivity contribution is 0.434. The van der Waals surface area contributed by atoms with Gasteiger partial charge in [0, 0.05) is 36.3 Å². The normalized spacial score (nSPS) is 14.8. The third-order valence-corrected chi connectivity index (χ3v) is 5.75. The summed E-state index contributed by atoms with van der Waals surface area (Å²) < 4.78 is 0. The number of benzene rings is 2. The van der Waals surface area contributed by atoms with Crippen molar-refractivity contribution in [2.45, 2.75) is 19.8 Å². The molecule has 5 heteroatoms. The molecular formula is C25H25N5. The Balaban J connectivity index is 1.56. The molecule has 2 aromatic heterocycles. The molecule has 30 heavy (non-hydrogen) atoms. The van der Waals surface area contributed by atoms with Crippen LogP contribution in [-0.2, 0) is 0 Å². The van der Waals surface area contributed by atoms with E-state index in [1.54, 1.807) is 0 Å². The largest absolute Gasteiger partial charge is 0.341 e. The lowest BCUT2D eigenvalue weighted by Gasteiger charge is -2.30. The first-order valence-corrected chi connectivity index (χ1v) is 10.6. The zero-order valence-electron chi connectivity index (χ0n) is 17.1. The summed E-state index contributed by atoms with van der Waals surface area (Å²) in [4.78, 5) is 16.7. The summed E-state index contributed by atoms with van der Waals surface area (Å²) in [5.41, 5.74) is 3.90. The molecule has 0 aliphatic carbocycles. The van der Waals surface area contributed by atoms with Gasteiger partial charge < -0.3 is 10.2 Å². The zero-order valence-corrected chi connectivity index (χ0v) is 17.1. The van der Waals surface area contributed by atoms with E-state index in [0.717, 1.165) is 58.6 Å². The smallest absolute Gasteiger partial charge is 0.227 e. The third kappa shape index (κ3) is 3.83. The molecule has 3 heterocycles. The predicted octanol–water partition coefficient (Wildman–Crippen LogP) is 5.67. The minimum atomic E-state index is 0.762. The van der Waals surface area contributed by atoms with Crippen molar-refractivity contribution < 1.29 is 0 Å². The molecule has 0 amide bonds. The van der Waals surface area contributed by atoms with Crippen LogP contribution in [0.1, 0.15) is 19.8 Å². The van der Waals surface area contributed by atoms with E-state index in [1.807, 2.05) is 48.7 Å². The Morgan fingerprint density at radius 2 is 1.70 bits per heavy atom. The van der Waals surface area contributed by atoms with Crippen LogP contribution in [0.15, 0.2) is 72.9 Å². The highest BCUT2D eigenvalue weighted by atomic mass is 15.3. The Hall–Kier alpha value is -3.47. The molecule has 0 spiro atoms. The van der Waals surface area contributed by atoms with E-state index in [1.165, 1.54) is 12.8 Å². The minimum absolute atomic E-state index is 0.762. The lowest BCUT2D eigenvalue weighted by atomic mass is 10.00. The predicted molar refractivity (Wildman–Crippen MR) is 123 cm³/mol. The van der Waals surface area contributed by atoms with Crippen LogP contribution in [0.5, 0.6) is 0 Å². The van der Waals surface area contributed by atoms with E-state index < -0.39 is 0 Å². The fourth-order valence-electron chi connectivity index (χ4n) is 3.95. The molecule has 1 fully saturated rings. The van der Waals surface area contributed by atoms with Gasteiger partial charge in [0.1, 0.15) is 5.82 Å². The fourth-order valence-corrected chi connectivity index (χ4v) is 3.95. The minimum Gasteiger partial charge on any atom is -0.341 e. The maximum atomic E-state index is 4.92. The van der Waals surface area contributed by atoms with Crippen LogP contribution in [0.2, 0.25) is 0 Å². The van der Waals surface area contributed by atoms with Gasteiger partial charge in [0.25, 0.3) is 0 Å². The molecule has 1 saturated heterocycles. The number of fused-ring (bicyclic) bond motifs is 1. The Morgan fingerprint density at radius 1 is 0.900 bits per heavy atom. The van der Waals surface area contributed by atoms with Gasteiger partial charge in [0.15, 0.2) is 0 Å². The van der Waals surface area contributed by atoms with Crippen LogP contribution >= 0.6 is 0 Å². The van der Waals surface area contributed by atoms with E-state index in [2.05, 4.69) is 46.4 Å². The highest BCUT2D eigenvalue weighted by Gasteiger charge is 2.19. The summed E-state index contributed by atoms with van der Waals surface area (Å²) in [7, 11) is 0. The molecule has 5 rings (SSSR count). The molecule has 5 nitrogen and oxygen atoms in total. The van der Waals surface area contributed by atoms with Crippen molar-refractivity contribution in [2.24, 2.45) is 5.92 Å². The molecule has 0 unspecified atom stereocenters. The van der Waals surface area contributed by atoms with Crippen molar-refractivity contribution >= 4 is 28.4 Å². The van der Waals surface area contributed by atoms with Gasteiger partial charge in [-0.25, -0.2) is 4.98 Å². The van der Waals surface area contributed by atoms with E-state index in [9.17, 15) is 0 Å². The maximum Gasteiger partial charge on any atom is 0.227 e. The molecule has 0 bridgehead atoms. The Kier molecular flexibility index (Phi) is 5.01. The van der Waals surface area contributed by atoms with Crippen molar-refractivity contribution in [3.8, 4) is 11.3 Å². The van der Waals surface area contributed by atoms with Gasteiger partial charge in [-0.15, -0.1) is 0 Å². The van der Waals surface area contributed by atoms with E-state index in [-0.39, 0.29) is 0 Å². The molecule has 1 aliphatic rings. The Morgan fingerprint density at radius 3 is 2.53 bits per heavy atom. The van der Waals surface area contributed by atoms with Crippen molar-refractivity contribution in [2.75, 3.05) is 23.3 Å². The van der Waals surface area contributed by atoms with Gasteiger partial charge in [-0.05, 0) is 30.9 Å². The van der Waals surface area contributed by atoms with Crippen LogP contribution in [0, 0.1) is 5.92 Å². The molecular weight excluding hydrogens is 370 g/mol. The first-order chi connectivity index (χ1) is 14.8. The van der Waals surface area contributed by atoms with Crippen molar-refractivity contribution in [3.63, 3.8) is 0 Å². The quantitative estimate of drug-likeness (QED) is 0.482. The number of para-hydroxylation sites is 1. The number of rotatable bonds is 4.